The molecule has 1 aromatic carbocycles. The number of hydrogen-bond donors (Lipinski definition) is 2. The lowest BCUT2D eigenvalue weighted by Gasteiger charge is -2.61. The summed E-state index contributed by atoms with van der Waals surface area (Å²) in [6, 6.07) is 3.57. The Morgan fingerprint density at radius 1 is 1.31 bits per heavy atom. The minimum absolute atomic E-state index is 0.0460. The highest BCUT2D eigenvalue weighted by molar-refractivity contribution is 5.99. The molecule has 2 aliphatic heterocycles. The van der Waals surface area contributed by atoms with Crippen molar-refractivity contribution in [2.75, 3.05) is 13.1 Å². The molecule has 4 atom stereocenters. The van der Waals surface area contributed by atoms with E-state index in [-0.39, 0.29) is 17.6 Å². The molecule has 2 bridgehead atoms. The van der Waals surface area contributed by atoms with E-state index < -0.39 is 17.1 Å². The molecular formula is C21H23NO4. The number of nitrogens with zero attached hydrogens (tertiary/aromatic N) is 1. The van der Waals surface area contributed by atoms with E-state index in [1.54, 1.807) is 12.1 Å². The van der Waals surface area contributed by atoms with Gasteiger partial charge in [-0.1, -0.05) is 12.5 Å². The zero-order chi connectivity index (χ0) is 17.7. The van der Waals surface area contributed by atoms with Crippen LogP contribution in [0.5, 0.6) is 11.5 Å². The topological polar surface area (TPSA) is 70.0 Å². The van der Waals surface area contributed by atoms with Crippen LogP contribution in [-0.2, 0) is 16.6 Å². The van der Waals surface area contributed by atoms with Crippen LogP contribution < -0.4 is 4.74 Å². The van der Waals surface area contributed by atoms with Crippen molar-refractivity contribution < 1.29 is 19.7 Å². The molecule has 2 heterocycles. The number of carbonyl (C=O) groups is 1. The average molecular weight is 353 g/mol. The maximum atomic E-state index is 12.7. The summed E-state index contributed by atoms with van der Waals surface area (Å²) in [5.41, 5.74) is 0.0968. The normalized spacial score (nSPS) is 40.1. The van der Waals surface area contributed by atoms with Gasteiger partial charge in [0.15, 0.2) is 23.4 Å². The molecule has 136 valence electrons. The maximum Gasteiger partial charge on any atom is 0.196 e. The van der Waals surface area contributed by atoms with E-state index in [0.29, 0.717) is 12.2 Å². The second-order valence-electron chi connectivity index (χ2n) is 8.74. The lowest BCUT2D eigenvalue weighted by molar-refractivity contribution is -0.156. The van der Waals surface area contributed by atoms with E-state index >= 15 is 0 Å². The fraction of sp³-hybridized carbons (Fsp3) is 0.571. The van der Waals surface area contributed by atoms with Gasteiger partial charge < -0.3 is 14.9 Å². The van der Waals surface area contributed by atoms with Gasteiger partial charge in [0.25, 0.3) is 0 Å². The minimum atomic E-state index is -1.13. The number of aromatic hydroxyl groups is 1. The van der Waals surface area contributed by atoms with Crippen LogP contribution >= 0.6 is 0 Å². The van der Waals surface area contributed by atoms with E-state index in [2.05, 4.69) is 4.90 Å². The van der Waals surface area contributed by atoms with Crippen molar-refractivity contribution in [3.05, 3.63) is 35.4 Å². The monoisotopic (exact) mass is 353 g/mol. The Bertz CT molecular complexity index is 860. The molecular weight excluding hydrogens is 330 g/mol. The Hall–Kier alpha value is -1.85. The summed E-state index contributed by atoms with van der Waals surface area (Å²) in [5.74, 6) is 1.10. The van der Waals surface area contributed by atoms with E-state index in [9.17, 15) is 15.0 Å². The second kappa shape index (κ2) is 4.70. The van der Waals surface area contributed by atoms with E-state index in [4.69, 9.17) is 4.74 Å². The largest absolute Gasteiger partial charge is 0.504 e. The van der Waals surface area contributed by atoms with Crippen LogP contribution in [0.25, 0.3) is 0 Å². The molecule has 26 heavy (non-hydrogen) atoms. The minimum Gasteiger partial charge on any atom is -0.504 e. The summed E-state index contributed by atoms with van der Waals surface area (Å²) in [6.07, 6.45) is 7.77. The van der Waals surface area contributed by atoms with Crippen LogP contribution in [0.1, 0.15) is 36.8 Å². The second-order valence-corrected chi connectivity index (χ2v) is 8.74. The highest BCUT2D eigenvalue weighted by Gasteiger charge is 2.72. The summed E-state index contributed by atoms with van der Waals surface area (Å²) in [5, 5.41) is 22.3. The van der Waals surface area contributed by atoms with Gasteiger partial charge >= 0.3 is 0 Å². The molecule has 0 amide bonds. The third-order valence-corrected chi connectivity index (χ3v) is 7.70. The summed E-state index contributed by atoms with van der Waals surface area (Å²) >= 11 is 0. The van der Waals surface area contributed by atoms with Gasteiger partial charge in [0, 0.05) is 18.2 Å². The SMILES string of the molecule is O=C1C=CC2(O)C3Cc4ccc(O)c5c4C2(CCN3CC2CCC2)[C@H]1O5. The Labute approximate surface area is 152 Å². The highest BCUT2D eigenvalue weighted by Crippen LogP contribution is 2.63. The smallest absolute Gasteiger partial charge is 0.196 e. The molecule has 1 spiro atoms. The predicted octanol–water partition coefficient (Wildman–Crippen LogP) is 1.69. The van der Waals surface area contributed by atoms with Crippen LogP contribution in [0.2, 0.25) is 0 Å². The molecule has 3 aliphatic carbocycles. The number of rotatable bonds is 2. The number of likely N-dealkylation sites (tertiary alicyclic amines) is 1. The lowest BCUT2D eigenvalue weighted by atomic mass is 9.50. The fourth-order valence-corrected chi connectivity index (χ4v) is 6.23. The van der Waals surface area contributed by atoms with E-state index in [1.165, 1.54) is 25.3 Å². The number of ketones is 1. The molecule has 5 aliphatic rings. The number of benzene rings is 1. The third-order valence-electron chi connectivity index (χ3n) is 7.70. The van der Waals surface area contributed by atoms with Gasteiger partial charge in [-0.2, -0.15) is 0 Å². The zero-order valence-corrected chi connectivity index (χ0v) is 14.6. The first-order valence-corrected chi connectivity index (χ1v) is 9.76. The van der Waals surface area contributed by atoms with Gasteiger partial charge in [0.2, 0.25) is 0 Å². The number of phenols is 1. The number of piperidine rings is 1. The van der Waals surface area contributed by atoms with Crippen molar-refractivity contribution in [1.29, 1.82) is 0 Å². The van der Waals surface area contributed by atoms with E-state index in [1.807, 2.05) is 6.07 Å². The van der Waals surface area contributed by atoms with Crippen LogP contribution in [0, 0.1) is 5.92 Å². The van der Waals surface area contributed by atoms with Crippen molar-refractivity contribution in [1.82, 2.24) is 4.90 Å². The average Bonchev–Trinajstić information content (AvgIpc) is 2.93. The summed E-state index contributed by atoms with van der Waals surface area (Å²) in [6.45, 7) is 1.88. The molecule has 1 aromatic rings. The number of ether oxygens (including phenoxy) is 1. The van der Waals surface area contributed by atoms with Crippen molar-refractivity contribution in [2.24, 2.45) is 5.92 Å². The molecule has 5 nitrogen and oxygen atoms in total. The van der Waals surface area contributed by atoms with E-state index in [0.717, 1.165) is 36.6 Å². The Morgan fingerprint density at radius 3 is 2.92 bits per heavy atom. The Kier molecular flexibility index (Phi) is 2.75. The van der Waals surface area contributed by atoms with Crippen LogP contribution in [-0.4, -0.2) is 51.7 Å². The summed E-state index contributed by atoms with van der Waals surface area (Å²) in [7, 11) is 0. The first-order valence-electron chi connectivity index (χ1n) is 9.76. The highest BCUT2D eigenvalue weighted by atomic mass is 16.5. The van der Waals surface area contributed by atoms with Gasteiger partial charge in [-0.15, -0.1) is 0 Å². The predicted molar refractivity (Wildman–Crippen MR) is 94.3 cm³/mol. The maximum absolute atomic E-state index is 12.7. The molecule has 2 fully saturated rings. The molecule has 0 radical (unpaired) electrons. The molecule has 3 unspecified atom stereocenters. The standard InChI is InChI=1S/C21H23NO4/c23-14-5-4-13-10-16-21(25)7-6-15(24)19-20(21,17(13)18(14)26-19)8-9-22(16)11-12-2-1-3-12/h4-7,12,16,19,23,25H,1-3,8-11H2/t16?,19-,20?,21?/m0/s1. The summed E-state index contributed by atoms with van der Waals surface area (Å²) < 4.78 is 6.01. The molecule has 1 saturated heterocycles. The molecule has 5 heteroatoms. The van der Waals surface area contributed by atoms with Crippen LogP contribution in [0.4, 0.5) is 0 Å². The first kappa shape index (κ1) is 15.2. The summed E-state index contributed by atoms with van der Waals surface area (Å²) in [4.78, 5) is 15.1. The third kappa shape index (κ3) is 1.54. The number of phenolic OH excluding ortho intramolecular Hbond substituents is 1. The number of aliphatic hydroxyl groups is 1. The van der Waals surface area contributed by atoms with Crippen molar-refractivity contribution in [2.45, 2.75) is 55.3 Å². The van der Waals surface area contributed by atoms with Gasteiger partial charge in [-0.05, 0) is 61.9 Å². The fourth-order valence-electron chi connectivity index (χ4n) is 6.23. The van der Waals surface area contributed by atoms with Crippen LogP contribution in [0.3, 0.4) is 0 Å². The molecule has 1 saturated carbocycles. The zero-order valence-electron chi connectivity index (χ0n) is 14.6. The quantitative estimate of drug-likeness (QED) is 0.847. The van der Waals surface area contributed by atoms with Gasteiger partial charge in [-0.25, -0.2) is 0 Å². The van der Waals surface area contributed by atoms with Crippen molar-refractivity contribution >= 4 is 5.78 Å². The Morgan fingerprint density at radius 2 is 2.15 bits per heavy atom. The number of hydrogen-bond acceptors (Lipinski definition) is 5. The van der Waals surface area contributed by atoms with Gasteiger partial charge in [0.1, 0.15) is 5.60 Å². The Balaban J connectivity index is 1.55. The van der Waals surface area contributed by atoms with Gasteiger partial charge in [-0.3, -0.25) is 9.69 Å². The lowest BCUT2D eigenvalue weighted by Crippen LogP contribution is -2.75. The van der Waals surface area contributed by atoms with Crippen molar-refractivity contribution in [3.8, 4) is 11.5 Å². The van der Waals surface area contributed by atoms with Gasteiger partial charge in [0.05, 0.1) is 5.41 Å². The van der Waals surface area contributed by atoms with Crippen molar-refractivity contribution in [3.63, 3.8) is 0 Å². The molecule has 0 aromatic heterocycles. The molecule has 6 rings (SSSR count). The molecule has 2 N–H and O–H groups in total. The number of carbonyl (C=O) groups excluding carboxylic acids is 1. The first-order chi connectivity index (χ1) is 12.5. The van der Waals surface area contributed by atoms with Crippen LogP contribution in [0.15, 0.2) is 24.3 Å².